The molecule has 0 spiro atoms. The Morgan fingerprint density at radius 3 is 3.10 bits per heavy atom. The van der Waals surface area contributed by atoms with Crippen molar-refractivity contribution < 1.29 is 9.53 Å². The minimum absolute atomic E-state index is 0.0986. The van der Waals surface area contributed by atoms with Crippen LogP contribution in [0.2, 0.25) is 0 Å². The molecule has 4 aromatic rings. The van der Waals surface area contributed by atoms with Crippen molar-refractivity contribution >= 4 is 22.9 Å². The van der Waals surface area contributed by atoms with E-state index in [-0.39, 0.29) is 18.4 Å². The molecular formula is C21H17N7O2. The number of terminal acetylenes is 1. The number of nitrogens with zero attached hydrogens (tertiary/aromatic N) is 5. The highest BCUT2D eigenvalue weighted by Crippen LogP contribution is 2.41. The zero-order chi connectivity index (χ0) is 20.7. The number of ether oxygens (including phenoxy) is 1. The van der Waals surface area contributed by atoms with E-state index in [2.05, 4.69) is 36.3 Å². The number of benzene rings is 1. The Balaban J connectivity index is 1.64. The molecule has 30 heavy (non-hydrogen) atoms. The van der Waals surface area contributed by atoms with Gasteiger partial charge in [-0.3, -0.25) is 4.79 Å². The summed E-state index contributed by atoms with van der Waals surface area (Å²) in [7, 11) is 0. The van der Waals surface area contributed by atoms with Gasteiger partial charge in [0.1, 0.15) is 30.0 Å². The third kappa shape index (κ3) is 2.86. The van der Waals surface area contributed by atoms with E-state index in [9.17, 15) is 4.79 Å². The summed E-state index contributed by atoms with van der Waals surface area (Å²) in [5.41, 5.74) is 3.87. The van der Waals surface area contributed by atoms with Crippen LogP contribution in [0.1, 0.15) is 29.2 Å². The van der Waals surface area contributed by atoms with E-state index in [1.165, 1.54) is 6.33 Å². The SMILES string of the molecule is C#CCOc1cccc([C@H]2CC(=O)Nc3c2c(C)nn3-c2ncnc3nc[nH]c23)c1. The third-order valence-electron chi connectivity index (χ3n) is 5.09. The number of aromatic nitrogens is 6. The molecule has 0 bridgehead atoms. The molecule has 0 aliphatic carbocycles. The third-order valence-corrected chi connectivity index (χ3v) is 5.09. The number of aryl methyl sites for hydroxylation is 1. The number of imidazole rings is 1. The van der Waals surface area contributed by atoms with Crippen LogP contribution in [0, 0.1) is 19.3 Å². The number of rotatable bonds is 4. The van der Waals surface area contributed by atoms with Crippen LogP contribution in [-0.4, -0.2) is 42.2 Å². The van der Waals surface area contributed by atoms with Crippen LogP contribution >= 0.6 is 0 Å². The maximum absolute atomic E-state index is 12.6. The van der Waals surface area contributed by atoms with Crippen LogP contribution in [0.3, 0.4) is 0 Å². The highest BCUT2D eigenvalue weighted by Gasteiger charge is 2.33. The van der Waals surface area contributed by atoms with Gasteiger partial charge < -0.3 is 15.0 Å². The number of anilines is 1. The minimum atomic E-state index is -0.170. The van der Waals surface area contributed by atoms with Gasteiger partial charge in [0.15, 0.2) is 11.5 Å². The molecule has 0 unspecified atom stereocenters. The lowest BCUT2D eigenvalue weighted by molar-refractivity contribution is -0.116. The number of fused-ring (bicyclic) bond motifs is 2. The Morgan fingerprint density at radius 2 is 2.23 bits per heavy atom. The van der Waals surface area contributed by atoms with E-state index in [1.54, 1.807) is 11.0 Å². The van der Waals surface area contributed by atoms with Gasteiger partial charge in [-0.05, 0) is 24.6 Å². The van der Waals surface area contributed by atoms with Crippen molar-refractivity contribution in [1.29, 1.82) is 0 Å². The van der Waals surface area contributed by atoms with Gasteiger partial charge in [0.25, 0.3) is 0 Å². The van der Waals surface area contributed by atoms with Crippen LogP contribution in [0.4, 0.5) is 5.82 Å². The first-order valence-electron chi connectivity index (χ1n) is 9.35. The maximum atomic E-state index is 12.6. The molecule has 1 amide bonds. The van der Waals surface area contributed by atoms with Crippen molar-refractivity contribution in [2.75, 3.05) is 11.9 Å². The predicted molar refractivity (Wildman–Crippen MR) is 109 cm³/mol. The number of amides is 1. The number of hydrogen-bond acceptors (Lipinski definition) is 6. The Kier molecular flexibility index (Phi) is 4.17. The normalized spacial score (nSPS) is 15.5. The molecule has 148 valence electrons. The fraction of sp³-hybridized carbons (Fsp3) is 0.190. The Labute approximate surface area is 171 Å². The summed E-state index contributed by atoms with van der Waals surface area (Å²) in [6.07, 6.45) is 8.58. The van der Waals surface area contributed by atoms with Crippen molar-refractivity contribution in [1.82, 2.24) is 29.7 Å². The van der Waals surface area contributed by atoms with E-state index in [0.29, 0.717) is 35.0 Å². The van der Waals surface area contributed by atoms with Gasteiger partial charge in [-0.1, -0.05) is 18.1 Å². The summed E-state index contributed by atoms with van der Waals surface area (Å²) in [5.74, 6) is 3.97. The van der Waals surface area contributed by atoms with Gasteiger partial charge in [-0.15, -0.1) is 6.42 Å². The molecular weight excluding hydrogens is 382 g/mol. The Hall–Kier alpha value is -4.19. The van der Waals surface area contributed by atoms with Gasteiger partial charge in [-0.25, -0.2) is 15.0 Å². The van der Waals surface area contributed by atoms with Crippen molar-refractivity contribution in [3.63, 3.8) is 0 Å². The molecule has 1 atom stereocenters. The van der Waals surface area contributed by atoms with E-state index in [1.807, 2.05) is 31.2 Å². The highest BCUT2D eigenvalue weighted by molar-refractivity contribution is 5.95. The second kappa shape index (κ2) is 7.00. The van der Waals surface area contributed by atoms with Crippen LogP contribution in [-0.2, 0) is 4.79 Å². The van der Waals surface area contributed by atoms with Crippen molar-refractivity contribution in [2.45, 2.75) is 19.3 Å². The molecule has 5 rings (SSSR count). The predicted octanol–water partition coefficient (Wildman–Crippen LogP) is 2.33. The van der Waals surface area contributed by atoms with E-state index in [0.717, 1.165) is 16.8 Å². The molecule has 9 heteroatoms. The van der Waals surface area contributed by atoms with Gasteiger partial charge in [0.05, 0.1) is 12.0 Å². The molecule has 1 aliphatic rings. The van der Waals surface area contributed by atoms with Crippen molar-refractivity contribution in [3.8, 4) is 23.9 Å². The molecule has 0 radical (unpaired) electrons. The lowest BCUT2D eigenvalue weighted by Gasteiger charge is -2.24. The molecule has 1 aliphatic heterocycles. The quantitative estimate of drug-likeness (QED) is 0.510. The largest absolute Gasteiger partial charge is 0.481 e. The second-order valence-electron chi connectivity index (χ2n) is 6.93. The first-order chi connectivity index (χ1) is 14.7. The fourth-order valence-corrected chi connectivity index (χ4v) is 3.84. The lowest BCUT2D eigenvalue weighted by Crippen LogP contribution is -2.25. The number of carbonyl (C=O) groups is 1. The topological polar surface area (TPSA) is 111 Å². The minimum Gasteiger partial charge on any atom is -0.481 e. The molecule has 2 N–H and O–H groups in total. The summed E-state index contributed by atoms with van der Waals surface area (Å²) < 4.78 is 7.19. The summed E-state index contributed by atoms with van der Waals surface area (Å²) in [5, 5.41) is 7.64. The number of hydrogen-bond donors (Lipinski definition) is 2. The number of aromatic amines is 1. The summed E-state index contributed by atoms with van der Waals surface area (Å²) in [4.78, 5) is 28.3. The summed E-state index contributed by atoms with van der Waals surface area (Å²) >= 11 is 0. The summed E-state index contributed by atoms with van der Waals surface area (Å²) in [6.45, 7) is 2.11. The second-order valence-corrected chi connectivity index (χ2v) is 6.93. The van der Waals surface area contributed by atoms with Gasteiger partial charge in [-0.2, -0.15) is 9.78 Å². The Morgan fingerprint density at radius 1 is 1.33 bits per heavy atom. The molecule has 9 nitrogen and oxygen atoms in total. The van der Waals surface area contributed by atoms with Crippen LogP contribution in [0.15, 0.2) is 36.9 Å². The van der Waals surface area contributed by atoms with Gasteiger partial charge in [0.2, 0.25) is 5.91 Å². The molecule has 4 heterocycles. The number of carbonyl (C=O) groups excluding carboxylic acids is 1. The average Bonchev–Trinajstić information content (AvgIpc) is 3.36. The smallest absolute Gasteiger partial charge is 0.226 e. The first-order valence-corrected chi connectivity index (χ1v) is 9.35. The van der Waals surface area contributed by atoms with E-state index in [4.69, 9.17) is 11.2 Å². The zero-order valence-corrected chi connectivity index (χ0v) is 16.1. The van der Waals surface area contributed by atoms with E-state index >= 15 is 0 Å². The summed E-state index contributed by atoms with van der Waals surface area (Å²) in [6, 6.07) is 7.63. The maximum Gasteiger partial charge on any atom is 0.226 e. The standard InChI is InChI=1S/C21H17N7O2/c1-3-7-30-14-6-4-5-13(8-14)15-9-16(29)26-20-17(15)12(2)27-28(20)21-18-19(23-10-22-18)24-11-25-21/h1,4-6,8,10-11,15H,7,9H2,2H3,(H,26,29)(H,22,23,24,25)/t15-/m1/s1. The van der Waals surface area contributed by atoms with E-state index < -0.39 is 0 Å². The molecule has 0 saturated heterocycles. The molecule has 0 fully saturated rings. The molecule has 3 aromatic heterocycles. The number of H-pyrrole nitrogens is 1. The lowest BCUT2D eigenvalue weighted by atomic mass is 9.86. The fourth-order valence-electron chi connectivity index (χ4n) is 3.84. The monoisotopic (exact) mass is 399 g/mol. The van der Waals surface area contributed by atoms with Crippen molar-refractivity contribution in [2.24, 2.45) is 0 Å². The average molecular weight is 399 g/mol. The van der Waals surface area contributed by atoms with Crippen LogP contribution in [0.25, 0.3) is 17.0 Å². The first kappa shape index (κ1) is 17.9. The number of nitrogens with one attached hydrogen (secondary N) is 2. The van der Waals surface area contributed by atoms with Gasteiger partial charge >= 0.3 is 0 Å². The van der Waals surface area contributed by atoms with Crippen LogP contribution in [0.5, 0.6) is 5.75 Å². The van der Waals surface area contributed by atoms with Crippen LogP contribution < -0.4 is 10.1 Å². The van der Waals surface area contributed by atoms with Crippen molar-refractivity contribution in [3.05, 3.63) is 53.7 Å². The molecule has 1 aromatic carbocycles. The van der Waals surface area contributed by atoms with Gasteiger partial charge in [0, 0.05) is 17.9 Å². The molecule has 0 saturated carbocycles. The highest BCUT2D eigenvalue weighted by atomic mass is 16.5. The Bertz CT molecular complexity index is 1310. The zero-order valence-electron chi connectivity index (χ0n) is 16.1.